The first-order valence-corrected chi connectivity index (χ1v) is 8.03. The second kappa shape index (κ2) is 6.91. The Morgan fingerprint density at radius 2 is 2.22 bits per heavy atom. The SMILES string of the molecule is CCOC1CCCN(C(=O)Cn2ncc(=O)c3ccccc32)C1. The molecule has 0 bridgehead atoms. The van der Waals surface area contributed by atoms with Crippen molar-refractivity contribution in [3.05, 3.63) is 40.7 Å². The molecule has 3 rings (SSSR count). The van der Waals surface area contributed by atoms with Crippen molar-refractivity contribution in [3.63, 3.8) is 0 Å². The van der Waals surface area contributed by atoms with Crippen LogP contribution in [-0.2, 0) is 16.1 Å². The van der Waals surface area contributed by atoms with E-state index in [1.807, 2.05) is 30.0 Å². The van der Waals surface area contributed by atoms with Crippen LogP contribution >= 0.6 is 0 Å². The van der Waals surface area contributed by atoms with Crippen LogP contribution in [0.4, 0.5) is 0 Å². The molecule has 0 aliphatic carbocycles. The molecule has 1 aromatic carbocycles. The van der Waals surface area contributed by atoms with Gasteiger partial charge in [-0.15, -0.1) is 0 Å². The highest BCUT2D eigenvalue weighted by atomic mass is 16.5. The first-order chi connectivity index (χ1) is 11.2. The molecule has 0 saturated carbocycles. The minimum atomic E-state index is -0.126. The molecular weight excluding hydrogens is 294 g/mol. The van der Waals surface area contributed by atoms with Crippen LogP contribution in [0.25, 0.3) is 10.9 Å². The molecule has 122 valence electrons. The van der Waals surface area contributed by atoms with Crippen molar-refractivity contribution in [2.45, 2.75) is 32.4 Å². The highest BCUT2D eigenvalue weighted by Gasteiger charge is 2.24. The summed E-state index contributed by atoms with van der Waals surface area (Å²) >= 11 is 0. The topological polar surface area (TPSA) is 64.4 Å². The van der Waals surface area contributed by atoms with Crippen molar-refractivity contribution in [2.24, 2.45) is 0 Å². The molecule has 2 heterocycles. The molecule has 2 aromatic rings. The summed E-state index contributed by atoms with van der Waals surface area (Å²) in [4.78, 5) is 26.3. The molecule has 1 atom stereocenters. The summed E-state index contributed by atoms with van der Waals surface area (Å²) in [5, 5.41) is 4.71. The Balaban J connectivity index is 1.78. The number of fused-ring (bicyclic) bond motifs is 1. The monoisotopic (exact) mass is 315 g/mol. The lowest BCUT2D eigenvalue weighted by Crippen LogP contribution is -2.44. The molecule has 1 aromatic heterocycles. The maximum Gasteiger partial charge on any atom is 0.244 e. The highest BCUT2D eigenvalue weighted by Crippen LogP contribution is 2.14. The van der Waals surface area contributed by atoms with Gasteiger partial charge in [0.25, 0.3) is 0 Å². The Labute approximate surface area is 134 Å². The van der Waals surface area contributed by atoms with E-state index in [4.69, 9.17) is 4.74 Å². The van der Waals surface area contributed by atoms with Gasteiger partial charge < -0.3 is 9.64 Å². The standard InChI is InChI=1S/C17H21N3O3/c1-2-23-13-6-5-9-19(11-13)17(22)12-20-15-8-4-3-7-14(15)16(21)10-18-20/h3-4,7-8,10,13H,2,5-6,9,11-12H2,1H3. The molecule has 6 heteroatoms. The number of carbonyl (C=O) groups excluding carboxylic acids is 1. The van der Waals surface area contributed by atoms with Crippen molar-refractivity contribution in [3.8, 4) is 0 Å². The van der Waals surface area contributed by atoms with Gasteiger partial charge in [-0.25, -0.2) is 0 Å². The molecule has 1 unspecified atom stereocenters. The van der Waals surface area contributed by atoms with Crippen LogP contribution in [0.2, 0.25) is 0 Å². The number of nitrogens with zero attached hydrogens (tertiary/aromatic N) is 3. The van der Waals surface area contributed by atoms with Gasteiger partial charge in [0.05, 0.1) is 17.8 Å². The number of benzene rings is 1. The summed E-state index contributed by atoms with van der Waals surface area (Å²) in [6.07, 6.45) is 3.34. The van der Waals surface area contributed by atoms with Gasteiger partial charge in [0.1, 0.15) is 6.54 Å². The Kier molecular flexibility index (Phi) is 4.71. The Bertz CT molecular complexity index is 754. The van der Waals surface area contributed by atoms with Crippen LogP contribution in [0.1, 0.15) is 19.8 Å². The van der Waals surface area contributed by atoms with E-state index in [9.17, 15) is 9.59 Å². The van der Waals surface area contributed by atoms with E-state index in [-0.39, 0.29) is 24.0 Å². The van der Waals surface area contributed by atoms with Crippen LogP contribution in [0.5, 0.6) is 0 Å². The van der Waals surface area contributed by atoms with Gasteiger partial charge in [-0.2, -0.15) is 5.10 Å². The molecule has 1 fully saturated rings. The largest absolute Gasteiger partial charge is 0.377 e. The fraction of sp³-hybridized carbons (Fsp3) is 0.471. The zero-order valence-corrected chi connectivity index (χ0v) is 13.3. The third-order valence-corrected chi connectivity index (χ3v) is 4.18. The van der Waals surface area contributed by atoms with Crippen LogP contribution in [-0.4, -0.2) is 46.4 Å². The lowest BCUT2D eigenvalue weighted by molar-refractivity contribution is -0.136. The van der Waals surface area contributed by atoms with Gasteiger partial charge in [-0.05, 0) is 31.9 Å². The third kappa shape index (κ3) is 3.42. The number of piperidine rings is 1. The van der Waals surface area contributed by atoms with E-state index in [0.717, 1.165) is 19.4 Å². The summed E-state index contributed by atoms with van der Waals surface area (Å²) in [6.45, 7) is 4.15. The molecule has 23 heavy (non-hydrogen) atoms. The molecule has 0 N–H and O–H groups in total. The number of rotatable bonds is 4. The van der Waals surface area contributed by atoms with E-state index >= 15 is 0 Å². The number of carbonyl (C=O) groups is 1. The number of aromatic nitrogens is 2. The lowest BCUT2D eigenvalue weighted by atomic mass is 10.1. The molecule has 1 aliphatic rings. The van der Waals surface area contributed by atoms with E-state index in [1.165, 1.54) is 6.20 Å². The van der Waals surface area contributed by atoms with Crippen molar-refractivity contribution in [1.29, 1.82) is 0 Å². The summed E-state index contributed by atoms with van der Waals surface area (Å²) in [5.41, 5.74) is 0.561. The number of para-hydroxylation sites is 1. The third-order valence-electron chi connectivity index (χ3n) is 4.18. The van der Waals surface area contributed by atoms with E-state index in [0.29, 0.717) is 24.1 Å². The van der Waals surface area contributed by atoms with Gasteiger partial charge >= 0.3 is 0 Å². The Hall–Kier alpha value is -2.21. The zero-order chi connectivity index (χ0) is 16.2. The number of amides is 1. The van der Waals surface area contributed by atoms with E-state index < -0.39 is 0 Å². The molecule has 1 saturated heterocycles. The first kappa shape index (κ1) is 15.7. The van der Waals surface area contributed by atoms with Crippen molar-refractivity contribution >= 4 is 16.8 Å². The molecule has 0 radical (unpaired) electrons. The molecule has 6 nitrogen and oxygen atoms in total. The van der Waals surface area contributed by atoms with Crippen molar-refractivity contribution in [2.75, 3.05) is 19.7 Å². The first-order valence-electron chi connectivity index (χ1n) is 8.03. The van der Waals surface area contributed by atoms with Crippen LogP contribution in [0, 0.1) is 0 Å². The van der Waals surface area contributed by atoms with Gasteiger partial charge in [0.2, 0.25) is 11.3 Å². The van der Waals surface area contributed by atoms with Gasteiger partial charge in [0, 0.05) is 25.1 Å². The molecule has 1 aliphatic heterocycles. The highest BCUT2D eigenvalue weighted by molar-refractivity contribution is 5.81. The molecular formula is C17H21N3O3. The number of hydrogen-bond donors (Lipinski definition) is 0. The summed E-state index contributed by atoms with van der Waals surface area (Å²) in [5.74, 6) is 0.00991. The van der Waals surface area contributed by atoms with Crippen molar-refractivity contribution < 1.29 is 9.53 Å². The quantitative estimate of drug-likeness (QED) is 0.856. The molecule has 0 spiro atoms. The van der Waals surface area contributed by atoms with Crippen LogP contribution in [0.15, 0.2) is 35.3 Å². The average molecular weight is 315 g/mol. The second-order valence-electron chi connectivity index (χ2n) is 5.74. The predicted molar refractivity (Wildman–Crippen MR) is 87.2 cm³/mol. The maximum absolute atomic E-state index is 12.6. The average Bonchev–Trinajstić information content (AvgIpc) is 2.58. The van der Waals surface area contributed by atoms with E-state index in [1.54, 1.807) is 10.7 Å². The zero-order valence-electron chi connectivity index (χ0n) is 13.3. The smallest absolute Gasteiger partial charge is 0.244 e. The normalized spacial score (nSPS) is 18.3. The second-order valence-corrected chi connectivity index (χ2v) is 5.74. The summed E-state index contributed by atoms with van der Waals surface area (Å²) in [6, 6.07) is 7.23. The number of hydrogen-bond acceptors (Lipinski definition) is 4. The molecule has 1 amide bonds. The van der Waals surface area contributed by atoms with E-state index in [2.05, 4.69) is 5.10 Å². The Morgan fingerprint density at radius 3 is 3.04 bits per heavy atom. The van der Waals surface area contributed by atoms with Gasteiger partial charge in [0.15, 0.2) is 0 Å². The summed E-state index contributed by atoms with van der Waals surface area (Å²) in [7, 11) is 0. The minimum absolute atomic E-state index is 0.00991. The summed E-state index contributed by atoms with van der Waals surface area (Å²) < 4.78 is 7.24. The lowest BCUT2D eigenvalue weighted by Gasteiger charge is -2.32. The minimum Gasteiger partial charge on any atom is -0.377 e. The Morgan fingerprint density at radius 1 is 1.39 bits per heavy atom. The fourth-order valence-corrected chi connectivity index (χ4v) is 3.05. The number of ether oxygens (including phenoxy) is 1. The predicted octanol–water partition coefficient (Wildman–Crippen LogP) is 1.42. The number of likely N-dealkylation sites (tertiary alicyclic amines) is 1. The van der Waals surface area contributed by atoms with Crippen molar-refractivity contribution in [1.82, 2.24) is 14.7 Å². The van der Waals surface area contributed by atoms with Crippen LogP contribution in [0.3, 0.4) is 0 Å². The van der Waals surface area contributed by atoms with Gasteiger partial charge in [-0.3, -0.25) is 14.3 Å². The fourth-order valence-electron chi connectivity index (χ4n) is 3.05. The van der Waals surface area contributed by atoms with Gasteiger partial charge in [-0.1, -0.05) is 12.1 Å². The maximum atomic E-state index is 12.6. The van der Waals surface area contributed by atoms with Crippen LogP contribution < -0.4 is 5.43 Å².